The molecule has 8 nitrogen and oxygen atoms in total. The van der Waals surface area contributed by atoms with E-state index in [1.807, 2.05) is 13.0 Å². The Morgan fingerprint density at radius 3 is 2.56 bits per heavy atom. The minimum atomic E-state index is -0.543. The number of methoxy groups -OCH3 is 1. The molecule has 0 atom stereocenters. The topological polar surface area (TPSA) is 91.1 Å². The van der Waals surface area contributed by atoms with Gasteiger partial charge in [0.15, 0.2) is 17.2 Å². The molecule has 0 fully saturated rings. The van der Waals surface area contributed by atoms with Crippen molar-refractivity contribution in [3.05, 3.63) is 76.3 Å². The molecule has 164 valence electrons. The van der Waals surface area contributed by atoms with E-state index < -0.39 is 4.92 Å². The summed E-state index contributed by atoms with van der Waals surface area (Å²) in [5, 5.41) is 11.6. The lowest BCUT2D eigenvalue weighted by Gasteiger charge is -2.22. The van der Waals surface area contributed by atoms with Crippen molar-refractivity contribution in [1.82, 2.24) is 0 Å². The number of hydrogen-bond acceptors (Lipinski definition) is 6. The molecule has 3 aromatic carbocycles. The number of para-hydroxylation sites is 2. The van der Waals surface area contributed by atoms with Crippen molar-refractivity contribution in [2.45, 2.75) is 19.8 Å². The molecule has 0 N–H and O–H groups in total. The smallest absolute Gasteiger partial charge is 0.276 e. The summed E-state index contributed by atoms with van der Waals surface area (Å²) in [6, 6.07) is 16.4. The van der Waals surface area contributed by atoms with Crippen molar-refractivity contribution in [2.75, 3.05) is 18.6 Å². The zero-order valence-corrected chi connectivity index (χ0v) is 17.7. The third-order valence-electron chi connectivity index (χ3n) is 5.10. The molecular formula is C24H22N2O6. The molecule has 1 heterocycles. The molecule has 3 aromatic rings. The highest BCUT2D eigenvalue weighted by Crippen LogP contribution is 2.45. The summed E-state index contributed by atoms with van der Waals surface area (Å²) in [5.74, 6) is 1.16. The van der Waals surface area contributed by atoms with Crippen molar-refractivity contribution < 1.29 is 23.9 Å². The summed E-state index contributed by atoms with van der Waals surface area (Å²) < 4.78 is 17.2. The SMILES string of the molecule is CCCCN1C(=O)c2c(Oc3cccc(OC)c3)cc([N+](=O)[O-])cc2Oc2ccccc21. The lowest BCUT2D eigenvalue weighted by molar-refractivity contribution is -0.385. The van der Waals surface area contributed by atoms with Gasteiger partial charge < -0.3 is 19.1 Å². The largest absolute Gasteiger partial charge is 0.497 e. The number of nitro benzene ring substituents is 1. The molecule has 4 rings (SSSR count). The second kappa shape index (κ2) is 8.97. The Kier molecular flexibility index (Phi) is 5.93. The molecule has 0 aliphatic carbocycles. The normalized spacial score (nSPS) is 12.3. The molecule has 1 aliphatic heterocycles. The predicted molar refractivity (Wildman–Crippen MR) is 119 cm³/mol. The van der Waals surface area contributed by atoms with Crippen LogP contribution in [-0.2, 0) is 0 Å². The summed E-state index contributed by atoms with van der Waals surface area (Å²) in [6.45, 7) is 2.52. The molecular weight excluding hydrogens is 412 g/mol. The number of carbonyl (C=O) groups excluding carboxylic acids is 1. The van der Waals surface area contributed by atoms with Gasteiger partial charge in [-0.15, -0.1) is 0 Å². The van der Waals surface area contributed by atoms with Gasteiger partial charge in [0.25, 0.3) is 11.6 Å². The number of non-ortho nitro benzene ring substituents is 1. The van der Waals surface area contributed by atoms with Crippen molar-refractivity contribution in [2.24, 2.45) is 0 Å². The van der Waals surface area contributed by atoms with Crippen LogP contribution < -0.4 is 19.1 Å². The van der Waals surface area contributed by atoms with E-state index in [9.17, 15) is 14.9 Å². The number of nitro groups is 1. The average Bonchev–Trinajstić information content (AvgIpc) is 2.91. The molecule has 0 spiro atoms. The summed E-state index contributed by atoms with van der Waals surface area (Å²) >= 11 is 0. The highest BCUT2D eigenvalue weighted by Gasteiger charge is 2.33. The second-order valence-corrected chi connectivity index (χ2v) is 7.24. The molecule has 0 aromatic heterocycles. The van der Waals surface area contributed by atoms with Gasteiger partial charge in [-0.1, -0.05) is 31.5 Å². The van der Waals surface area contributed by atoms with Crippen LogP contribution in [0.4, 0.5) is 11.4 Å². The first-order valence-corrected chi connectivity index (χ1v) is 10.2. The minimum absolute atomic E-state index is 0.0433. The van der Waals surface area contributed by atoms with E-state index in [4.69, 9.17) is 14.2 Å². The van der Waals surface area contributed by atoms with Gasteiger partial charge in [-0.3, -0.25) is 14.9 Å². The fourth-order valence-electron chi connectivity index (χ4n) is 3.51. The van der Waals surface area contributed by atoms with Gasteiger partial charge in [-0.2, -0.15) is 0 Å². The maximum absolute atomic E-state index is 13.7. The first kappa shape index (κ1) is 21.2. The fourth-order valence-corrected chi connectivity index (χ4v) is 3.51. The van der Waals surface area contributed by atoms with E-state index in [0.29, 0.717) is 29.5 Å². The van der Waals surface area contributed by atoms with E-state index >= 15 is 0 Å². The van der Waals surface area contributed by atoms with Crippen molar-refractivity contribution >= 4 is 17.3 Å². The number of hydrogen-bond donors (Lipinski definition) is 0. The van der Waals surface area contributed by atoms with Crippen LogP contribution in [0.2, 0.25) is 0 Å². The van der Waals surface area contributed by atoms with Gasteiger partial charge in [0, 0.05) is 12.6 Å². The number of amides is 1. The van der Waals surface area contributed by atoms with E-state index in [0.717, 1.165) is 12.8 Å². The van der Waals surface area contributed by atoms with Gasteiger partial charge in [0.2, 0.25) is 0 Å². The van der Waals surface area contributed by atoms with Crippen LogP contribution in [0.3, 0.4) is 0 Å². The molecule has 0 saturated heterocycles. The lowest BCUT2D eigenvalue weighted by atomic mass is 10.1. The van der Waals surface area contributed by atoms with Crippen LogP contribution in [0, 0.1) is 10.1 Å². The number of unbranched alkanes of at least 4 members (excludes halogenated alkanes) is 1. The zero-order chi connectivity index (χ0) is 22.7. The van der Waals surface area contributed by atoms with Crippen LogP contribution in [0.25, 0.3) is 0 Å². The van der Waals surface area contributed by atoms with Crippen LogP contribution in [-0.4, -0.2) is 24.5 Å². The highest BCUT2D eigenvalue weighted by molar-refractivity contribution is 6.11. The van der Waals surface area contributed by atoms with Gasteiger partial charge in [0.1, 0.15) is 17.1 Å². The van der Waals surface area contributed by atoms with Crippen molar-refractivity contribution in [3.63, 3.8) is 0 Å². The molecule has 1 aliphatic rings. The van der Waals surface area contributed by atoms with E-state index in [1.54, 1.807) is 47.4 Å². The first-order chi connectivity index (χ1) is 15.5. The Morgan fingerprint density at radius 1 is 1.03 bits per heavy atom. The van der Waals surface area contributed by atoms with Gasteiger partial charge in [0.05, 0.1) is 29.9 Å². The van der Waals surface area contributed by atoms with Gasteiger partial charge in [-0.25, -0.2) is 0 Å². The number of anilines is 1. The van der Waals surface area contributed by atoms with Crippen molar-refractivity contribution in [1.29, 1.82) is 0 Å². The van der Waals surface area contributed by atoms with E-state index in [1.165, 1.54) is 19.2 Å². The van der Waals surface area contributed by atoms with Crippen LogP contribution in [0.15, 0.2) is 60.7 Å². The summed E-state index contributed by atoms with van der Waals surface area (Å²) in [4.78, 5) is 26.4. The van der Waals surface area contributed by atoms with E-state index in [2.05, 4.69) is 0 Å². The minimum Gasteiger partial charge on any atom is -0.497 e. The van der Waals surface area contributed by atoms with Crippen LogP contribution in [0.1, 0.15) is 30.1 Å². The molecule has 1 amide bonds. The molecule has 0 radical (unpaired) electrons. The standard InChI is InChI=1S/C24H22N2O6/c1-3-4-12-25-19-10-5-6-11-20(19)32-22-14-16(26(28)29)13-21(23(22)24(25)27)31-18-9-7-8-17(15-18)30-2/h5-11,13-15H,3-4,12H2,1-2H3. The molecule has 0 bridgehead atoms. The maximum atomic E-state index is 13.7. The molecule has 32 heavy (non-hydrogen) atoms. The predicted octanol–water partition coefficient (Wildman–Crippen LogP) is 5.95. The Labute approximate surface area is 185 Å². The Hall–Kier alpha value is -4.07. The number of ether oxygens (including phenoxy) is 3. The summed E-state index contributed by atoms with van der Waals surface area (Å²) in [5.41, 5.74) is 0.497. The van der Waals surface area contributed by atoms with Gasteiger partial charge in [-0.05, 0) is 30.7 Å². The zero-order valence-electron chi connectivity index (χ0n) is 17.7. The van der Waals surface area contributed by atoms with E-state index in [-0.39, 0.29) is 28.7 Å². The van der Waals surface area contributed by atoms with Crippen LogP contribution >= 0.6 is 0 Å². The first-order valence-electron chi connectivity index (χ1n) is 10.2. The number of benzene rings is 3. The maximum Gasteiger partial charge on any atom is 0.276 e. The third-order valence-corrected chi connectivity index (χ3v) is 5.10. The fraction of sp³-hybridized carbons (Fsp3) is 0.208. The number of carbonyl (C=O) groups is 1. The average molecular weight is 434 g/mol. The Bertz CT molecular complexity index is 1180. The van der Waals surface area contributed by atoms with Gasteiger partial charge >= 0.3 is 0 Å². The second-order valence-electron chi connectivity index (χ2n) is 7.24. The number of nitrogens with zero attached hydrogens (tertiary/aromatic N) is 2. The molecule has 8 heteroatoms. The lowest BCUT2D eigenvalue weighted by Crippen LogP contribution is -2.31. The highest BCUT2D eigenvalue weighted by atomic mass is 16.6. The quantitative estimate of drug-likeness (QED) is 0.337. The van der Waals surface area contributed by atoms with Crippen LogP contribution in [0.5, 0.6) is 28.7 Å². The number of rotatable bonds is 7. The third kappa shape index (κ3) is 4.07. The monoisotopic (exact) mass is 434 g/mol. The summed E-state index contributed by atoms with van der Waals surface area (Å²) in [6.07, 6.45) is 1.68. The molecule has 0 unspecified atom stereocenters. The van der Waals surface area contributed by atoms with Crippen molar-refractivity contribution in [3.8, 4) is 28.7 Å². The Balaban J connectivity index is 1.88. The number of fused-ring (bicyclic) bond motifs is 2. The molecule has 0 saturated carbocycles. The Morgan fingerprint density at radius 2 is 1.81 bits per heavy atom. The summed E-state index contributed by atoms with van der Waals surface area (Å²) in [7, 11) is 1.53.